The second kappa shape index (κ2) is 8.59. The van der Waals surface area contributed by atoms with E-state index in [4.69, 9.17) is 33.0 Å². The van der Waals surface area contributed by atoms with Gasteiger partial charge in [-0.15, -0.1) is 0 Å². The van der Waals surface area contributed by atoms with Crippen LogP contribution in [0.15, 0.2) is 48.7 Å². The van der Waals surface area contributed by atoms with E-state index in [9.17, 15) is 4.79 Å². The molecule has 0 amide bonds. The van der Waals surface area contributed by atoms with Crippen molar-refractivity contribution in [1.29, 1.82) is 0 Å². The van der Waals surface area contributed by atoms with Gasteiger partial charge >= 0.3 is 5.97 Å². The molecule has 2 aromatic carbocycles. The van der Waals surface area contributed by atoms with Gasteiger partial charge in [-0.1, -0.05) is 29.3 Å². The number of carboxylic acids is 1. The Bertz CT molecular complexity index is 1220. The number of carbonyl (C=O) groups is 1. The van der Waals surface area contributed by atoms with Crippen LogP contribution in [0.2, 0.25) is 10.0 Å². The van der Waals surface area contributed by atoms with E-state index in [0.717, 1.165) is 30.8 Å². The molecule has 1 aliphatic heterocycles. The van der Waals surface area contributed by atoms with Crippen LogP contribution in [0.1, 0.15) is 53.2 Å². The third kappa shape index (κ3) is 3.88. The van der Waals surface area contributed by atoms with Crippen molar-refractivity contribution in [2.45, 2.75) is 50.4 Å². The largest absolute Gasteiger partial charge is 0.478 e. The Morgan fingerprint density at radius 1 is 1.09 bits per heavy atom. The van der Waals surface area contributed by atoms with Gasteiger partial charge in [-0.05, 0) is 73.6 Å². The summed E-state index contributed by atoms with van der Waals surface area (Å²) in [5.74, 6) is 0.0950. The number of piperidine rings is 1. The number of benzene rings is 2. The van der Waals surface area contributed by atoms with Crippen molar-refractivity contribution in [3.63, 3.8) is 0 Å². The quantitative estimate of drug-likeness (QED) is 0.437. The zero-order valence-electron chi connectivity index (χ0n) is 18.5. The Kier molecular flexibility index (Phi) is 5.55. The highest BCUT2D eigenvalue weighted by Gasteiger charge is 2.45. The molecular weight excluding hydrogens is 473 g/mol. The first-order valence-corrected chi connectivity index (χ1v) is 12.5. The van der Waals surface area contributed by atoms with E-state index in [-0.39, 0.29) is 6.10 Å². The molecule has 176 valence electrons. The average molecular weight is 498 g/mol. The summed E-state index contributed by atoms with van der Waals surface area (Å²) >= 11 is 13.0. The van der Waals surface area contributed by atoms with Crippen molar-refractivity contribution in [1.82, 2.24) is 9.78 Å². The van der Waals surface area contributed by atoms with Gasteiger partial charge in [0.05, 0.1) is 40.2 Å². The van der Waals surface area contributed by atoms with E-state index in [1.165, 1.54) is 18.4 Å². The molecule has 0 radical (unpaired) electrons. The highest BCUT2D eigenvalue weighted by molar-refractivity contribution is 6.37. The SMILES string of the molecule is O=C(O)c1ccc(N2C[C@@H]3C[C@H]2C[C@H]3OCc2c(C3CC3)cnn2-c2c(Cl)cccc2Cl)cc1. The third-order valence-electron chi connectivity index (χ3n) is 7.42. The maximum absolute atomic E-state index is 11.1. The predicted octanol–water partition coefficient (Wildman–Crippen LogP) is 5.94. The van der Waals surface area contributed by atoms with Crippen LogP contribution < -0.4 is 4.90 Å². The van der Waals surface area contributed by atoms with Crippen molar-refractivity contribution < 1.29 is 14.6 Å². The van der Waals surface area contributed by atoms with Gasteiger partial charge in [-0.25, -0.2) is 9.48 Å². The molecule has 0 unspecified atom stereocenters. The van der Waals surface area contributed by atoms with Crippen LogP contribution >= 0.6 is 23.2 Å². The summed E-state index contributed by atoms with van der Waals surface area (Å²) in [6.07, 6.45) is 6.55. The minimum absolute atomic E-state index is 0.191. The molecular formula is C26H25Cl2N3O3. The molecule has 3 aromatic rings. The highest BCUT2D eigenvalue weighted by Crippen LogP contribution is 2.45. The summed E-state index contributed by atoms with van der Waals surface area (Å²) in [4.78, 5) is 13.5. The number of nitrogens with zero attached hydrogens (tertiary/aromatic N) is 3. The molecule has 6 nitrogen and oxygen atoms in total. The Morgan fingerprint density at radius 2 is 1.82 bits per heavy atom. The first-order valence-electron chi connectivity index (χ1n) is 11.7. The van der Waals surface area contributed by atoms with Crippen LogP contribution in [0.4, 0.5) is 5.69 Å². The number of hydrogen-bond donors (Lipinski definition) is 1. The molecule has 0 spiro atoms. The zero-order valence-corrected chi connectivity index (χ0v) is 20.0. The van der Waals surface area contributed by atoms with Crippen molar-refractivity contribution >= 4 is 34.9 Å². The van der Waals surface area contributed by atoms with Gasteiger partial charge in [0.2, 0.25) is 0 Å². The molecule has 1 saturated heterocycles. The molecule has 8 heteroatoms. The van der Waals surface area contributed by atoms with Gasteiger partial charge in [0.25, 0.3) is 0 Å². The average Bonchev–Trinajstić information content (AvgIpc) is 3.28. The molecule has 3 aliphatic rings. The number of fused-ring (bicyclic) bond motifs is 2. The highest BCUT2D eigenvalue weighted by atomic mass is 35.5. The lowest BCUT2D eigenvalue weighted by Crippen LogP contribution is -2.38. The summed E-state index contributed by atoms with van der Waals surface area (Å²) < 4.78 is 8.39. The number of aromatic nitrogens is 2. The minimum Gasteiger partial charge on any atom is -0.478 e. The lowest BCUT2D eigenvalue weighted by molar-refractivity contribution is 0.00993. The van der Waals surface area contributed by atoms with Crippen molar-refractivity contribution in [3.05, 3.63) is 75.5 Å². The fraction of sp³-hybridized carbons (Fsp3) is 0.385. The summed E-state index contributed by atoms with van der Waals surface area (Å²) in [5, 5.41) is 14.9. The Hall–Kier alpha value is -2.54. The van der Waals surface area contributed by atoms with Crippen molar-refractivity contribution in [2.24, 2.45) is 5.92 Å². The molecule has 1 aromatic heterocycles. The molecule has 1 N–H and O–H groups in total. The smallest absolute Gasteiger partial charge is 0.335 e. The molecule has 6 rings (SSSR count). The summed E-state index contributed by atoms with van der Waals surface area (Å²) in [5.41, 5.74) is 4.38. The van der Waals surface area contributed by atoms with Gasteiger partial charge in [-0.2, -0.15) is 5.10 Å². The first kappa shape index (κ1) is 22.0. The fourth-order valence-corrected chi connectivity index (χ4v) is 6.12. The normalized spacial score (nSPS) is 23.6. The maximum atomic E-state index is 11.1. The van der Waals surface area contributed by atoms with Crippen LogP contribution in [0.25, 0.3) is 5.69 Å². The Labute approximate surface area is 208 Å². The number of hydrogen-bond acceptors (Lipinski definition) is 4. The predicted molar refractivity (Wildman–Crippen MR) is 131 cm³/mol. The summed E-state index contributed by atoms with van der Waals surface area (Å²) in [6, 6.07) is 13.1. The van der Waals surface area contributed by atoms with E-state index < -0.39 is 5.97 Å². The molecule has 2 heterocycles. The van der Waals surface area contributed by atoms with Crippen molar-refractivity contribution in [3.8, 4) is 5.69 Å². The monoisotopic (exact) mass is 497 g/mol. The molecule has 2 aliphatic carbocycles. The van der Waals surface area contributed by atoms with E-state index in [2.05, 4.69) is 10.00 Å². The van der Waals surface area contributed by atoms with Gasteiger partial charge in [-0.3, -0.25) is 0 Å². The molecule has 3 atom stereocenters. The molecule has 34 heavy (non-hydrogen) atoms. The van der Waals surface area contributed by atoms with Gasteiger partial charge in [0.1, 0.15) is 5.69 Å². The number of aromatic carboxylic acids is 1. The Balaban J connectivity index is 1.17. The lowest BCUT2D eigenvalue weighted by atomic mass is 10.0. The number of halogens is 2. The summed E-state index contributed by atoms with van der Waals surface area (Å²) in [7, 11) is 0. The van der Waals surface area contributed by atoms with Crippen LogP contribution in [0, 0.1) is 5.92 Å². The van der Waals surface area contributed by atoms with Gasteiger partial charge in [0, 0.05) is 24.2 Å². The summed E-state index contributed by atoms with van der Waals surface area (Å²) in [6.45, 7) is 1.40. The maximum Gasteiger partial charge on any atom is 0.335 e. The molecule has 2 saturated carbocycles. The Morgan fingerprint density at radius 3 is 2.44 bits per heavy atom. The number of para-hydroxylation sites is 1. The first-order chi connectivity index (χ1) is 16.5. The second-order valence-corrected chi connectivity index (χ2v) is 10.4. The topological polar surface area (TPSA) is 67.6 Å². The van der Waals surface area contributed by atoms with E-state index in [1.807, 2.05) is 41.2 Å². The van der Waals surface area contributed by atoms with Gasteiger partial charge in [0.15, 0.2) is 0 Å². The minimum atomic E-state index is -0.897. The number of rotatable bonds is 7. The third-order valence-corrected chi connectivity index (χ3v) is 8.03. The standard InChI is InChI=1S/C26H25Cl2N3O3/c27-21-2-1-3-22(28)25(21)31-23(20(12-29-31)15-4-5-15)14-34-24-11-19-10-17(24)13-30(19)18-8-6-16(7-9-18)26(32)33/h1-3,6-9,12,15,17,19,24H,4-5,10-11,13-14H2,(H,32,33)/t17-,19-,24+/m0/s1. The van der Waals surface area contributed by atoms with E-state index in [0.29, 0.717) is 45.8 Å². The zero-order chi connectivity index (χ0) is 23.4. The van der Waals surface area contributed by atoms with Crippen LogP contribution in [-0.2, 0) is 11.3 Å². The van der Waals surface area contributed by atoms with Crippen LogP contribution in [-0.4, -0.2) is 39.5 Å². The number of anilines is 1. The van der Waals surface area contributed by atoms with E-state index in [1.54, 1.807) is 12.1 Å². The number of ether oxygens (including phenoxy) is 1. The van der Waals surface area contributed by atoms with Crippen LogP contribution in [0.3, 0.4) is 0 Å². The second-order valence-electron chi connectivity index (χ2n) is 9.54. The van der Waals surface area contributed by atoms with Crippen LogP contribution in [0.5, 0.6) is 0 Å². The lowest BCUT2D eigenvalue weighted by Gasteiger charge is -2.33. The molecule has 3 fully saturated rings. The fourth-order valence-electron chi connectivity index (χ4n) is 5.56. The van der Waals surface area contributed by atoms with E-state index >= 15 is 0 Å². The van der Waals surface area contributed by atoms with Crippen molar-refractivity contribution in [2.75, 3.05) is 11.4 Å². The van der Waals surface area contributed by atoms with Gasteiger partial charge < -0.3 is 14.7 Å². The number of carboxylic acid groups (broad SMARTS) is 1. The molecule has 2 bridgehead atoms.